The molecule has 1 aliphatic carbocycles. The fourth-order valence-electron chi connectivity index (χ4n) is 2.09. The van der Waals surface area contributed by atoms with Crippen LogP contribution in [0.2, 0.25) is 0 Å². The van der Waals surface area contributed by atoms with Crippen LogP contribution in [0, 0.1) is 0 Å². The molecule has 3 atom stereocenters. The molecule has 0 aromatic rings. The molecule has 4 heteroatoms. The van der Waals surface area contributed by atoms with Gasteiger partial charge in [0.25, 0.3) is 0 Å². The van der Waals surface area contributed by atoms with Gasteiger partial charge in [-0.05, 0) is 25.5 Å². The summed E-state index contributed by atoms with van der Waals surface area (Å²) < 4.78 is 16.7. The first kappa shape index (κ1) is 10.7. The third-order valence-corrected chi connectivity index (χ3v) is 2.63. The molecule has 4 nitrogen and oxygen atoms in total. The molecule has 1 saturated heterocycles. The smallest absolute Gasteiger partial charge is 0.164 e. The summed E-state index contributed by atoms with van der Waals surface area (Å²) in [5, 5.41) is 9.18. The number of hydrogen-bond acceptors (Lipinski definition) is 4. The molecular weight excluding hydrogens is 196 g/mol. The topological polar surface area (TPSA) is 47.9 Å². The van der Waals surface area contributed by atoms with Crippen molar-refractivity contribution in [3.63, 3.8) is 0 Å². The summed E-state index contributed by atoms with van der Waals surface area (Å²) in [5.74, 6) is -0.618. The summed E-state index contributed by atoms with van der Waals surface area (Å²) in [6, 6.07) is 0. The van der Waals surface area contributed by atoms with Gasteiger partial charge in [0, 0.05) is 0 Å². The Labute approximate surface area is 89.1 Å². The van der Waals surface area contributed by atoms with Gasteiger partial charge in [-0.2, -0.15) is 0 Å². The van der Waals surface area contributed by atoms with Crippen molar-refractivity contribution in [2.24, 2.45) is 0 Å². The van der Waals surface area contributed by atoms with Crippen molar-refractivity contribution >= 4 is 0 Å². The van der Waals surface area contributed by atoms with Gasteiger partial charge in [-0.25, -0.2) is 0 Å². The lowest BCUT2D eigenvalue weighted by Crippen LogP contribution is -2.30. The molecule has 1 aliphatic heterocycles. The van der Waals surface area contributed by atoms with Gasteiger partial charge in [0.05, 0.1) is 12.9 Å². The molecule has 2 rings (SSSR count). The van der Waals surface area contributed by atoms with E-state index in [9.17, 15) is 5.11 Å². The van der Waals surface area contributed by atoms with Crippen molar-refractivity contribution in [2.45, 2.75) is 37.9 Å². The highest BCUT2D eigenvalue weighted by atomic mass is 16.8. The van der Waals surface area contributed by atoms with E-state index in [1.165, 1.54) is 6.26 Å². The molecule has 0 radical (unpaired) electrons. The second kappa shape index (κ2) is 3.63. The normalized spacial score (nSPS) is 37.3. The number of rotatable bonds is 3. The van der Waals surface area contributed by atoms with Crippen LogP contribution in [0.25, 0.3) is 0 Å². The average molecular weight is 212 g/mol. The van der Waals surface area contributed by atoms with Crippen molar-refractivity contribution in [1.29, 1.82) is 0 Å². The van der Waals surface area contributed by atoms with Crippen LogP contribution in [0.3, 0.4) is 0 Å². The zero-order valence-electron chi connectivity index (χ0n) is 8.97. The van der Waals surface area contributed by atoms with Crippen molar-refractivity contribution < 1.29 is 19.3 Å². The van der Waals surface area contributed by atoms with Crippen LogP contribution in [0.5, 0.6) is 0 Å². The monoisotopic (exact) mass is 212 g/mol. The molecule has 84 valence electrons. The summed E-state index contributed by atoms with van der Waals surface area (Å²) in [7, 11) is 0. The molecule has 1 fully saturated rings. The van der Waals surface area contributed by atoms with Gasteiger partial charge >= 0.3 is 0 Å². The summed E-state index contributed by atoms with van der Waals surface area (Å²) in [6.45, 7) is 7.19. The summed E-state index contributed by atoms with van der Waals surface area (Å²) >= 11 is 0. The van der Waals surface area contributed by atoms with Crippen LogP contribution in [-0.4, -0.2) is 35.8 Å². The lowest BCUT2D eigenvalue weighted by molar-refractivity contribution is -0.153. The summed E-state index contributed by atoms with van der Waals surface area (Å²) in [6.07, 6.45) is 2.63. The SMILES string of the molecule is C=COC1C=C(CO)C2OC(C)(C)OC12. The minimum atomic E-state index is -0.618. The van der Waals surface area contributed by atoms with Crippen LogP contribution < -0.4 is 0 Å². The zero-order chi connectivity index (χ0) is 11.1. The standard InChI is InChI=1S/C11H16O4/c1-4-13-8-5-7(6-12)9-10(8)15-11(2,3)14-9/h4-5,8-10,12H,1,6H2,2-3H3. The highest BCUT2D eigenvalue weighted by Gasteiger charge is 2.50. The Hall–Kier alpha value is -0.840. The predicted molar refractivity (Wildman–Crippen MR) is 54.1 cm³/mol. The first-order valence-corrected chi connectivity index (χ1v) is 5.01. The Morgan fingerprint density at radius 3 is 2.93 bits per heavy atom. The second-order valence-corrected chi connectivity index (χ2v) is 4.19. The van der Waals surface area contributed by atoms with E-state index < -0.39 is 5.79 Å². The zero-order valence-corrected chi connectivity index (χ0v) is 8.97. The molecule has 0 saturated carbocycles. The number of aliphatic hydroxyl groups excluding tert-OH is 1. The fraction of sp³-hybridized carbons (Fsp3) is 0.636. The predicted octanol–water partition coefficient (Wildman–Crippen LogP) is 0.967. The molecule has 0 aromatic carbocycles. The van der Waals surface area contributed by atoms with Crippen LogP contribution in [0.15, 0.2) is 24.5 Å². The highest BCUT2D eigenvalue weighted by molar-refractivity contribution is 5.25. The minimum Gasteiger partial charge on any atom is -0.492 e. The van der Waals surface area contributed by atoms with Gasteiger partial charge in [0.15, 0.2) is 5.79 Å². The summed E-state index contributed by atoms with van der Waals surface area (Å²) in [5.41, 5.74) is 0.817. The van der Waals surface area contributed by atoms with E-state index in [0.29, 0.717) is 0 Å². The van der Waals surface area contributed by atoms with E-state index in [0.717, 1.165) is 5.57 Å². The molecule has 0 spiro atoms. The van der Waals surface area contributed by atoms with E-state index in [1.807, 2.05) is 19.9 Å². The molecule has 0 bridgehead atoms. The molecule has 1 N–H and O–H groups in total. The largest absolute Gasteiger partial charge is 0.492 e. The maximum Gasteiger partial charge on any atom is 0.164 e. The summed E-state index contributed by atoms with van der Waals surface area (Å²) in [4.78, 5) is 0. The maximum atomic E-state index is 9.18. The number of hydrogen-bond donors (Lipinski definition) is 1. The quantitative estimate of drug-likeness (QED) is 0.559. The fourth-order valence-corrected chi connectivity index (χ4v) is 2.09. The lowest BCUT2D eigenvalue weighted by atomic mass is 10.1. The van der Waals surface area contributed by atoms with Crippen molar-refractivity contribution in [3.05, 3.63) is 24.5 Å². The minimum absolute atomic E-state index is 0.0301. The Kier molecular flexibility index (Phi) is 2.58. The average Bonchev–Trinajstić information content (AvgIpc) is 2.61. The van der Waals surface area contributed by atoms with E-state index in [1.54, 1.807) is 0 Å². The van der Waals surface area contributed by atoms with Gasteiger partial charge in [0.1, 0.15) is 18.3 Å². The highest BCUT2D eigenvalue weighted by Crippen LogP contribution is 2.39. The Balaban J connectivity index is 2.18. The van der Waals surface area contributed by atoms with E-state index in [2.05, 4.69) is 6.58 Å². The molecule has 2 aliphatic rings. The van der Waals surface area contributed by atoms with E-state index in [-0.39, 0.29) is 24.9 Å². The number of ether oxygens (including phenoxy) is 3. The van der Waals surface area contributed by atoms with Crippen LogP contribution >= 0.6 is 0 Å². The number of fused-ring (bicyclic) bond motifs is 1. The first-order valence-electron chi connectivity index (χ1n) is 5.01. The molecule has 0 aromatic heterocycles. The first-order chi connectivity index (χ1) is 7.07. The third-order valence-electron chi connectivity index (χ3n) is 2.63. The van der Waals surface area contributed by atoms with E-state index in [4.69, 9.17) is 14.2 Å². The third kappa shape index (κ3) is 1.80. The Bertz CT molecular complexity index is 295. The van der Waals surface area contributed by atoms with Crippen LogP contribution in [-0.2, 0) is 14.2 Å². The van der Waals surface area contributed by atoms with Gasteiger partial charge in [-0.3, -0.25) is 0 Å². The van der Waals surface area contributed by atoms with E-state index >= 15 is 0 Å². The molecule has 3 unspecified atom stereocenters. The number of aliphatic hydroxyl groups is 1. The van der Waals surface area contributed by atoms with Crippen molar-refractivity contribution in [3.8, 4) is 0 Å². The van der Waals surface area contributed by atoms with Gasteiger partial charge < -0.3 is 19.3 Å². The second-order valence-electron chi connectivity index (χ2n) is 4.19. The van der Waals surface area contributed by atoms with Gasteiger partial charge in [-0.15, -0.1) is 0 Å². The molecule has 15 heavy (non-hydrogen) atoms. The van der Waals surface area contributed by atoms with Gasteiger partial charge in [-0.1, -0.05) is 6.58 Å². The molecular formula is C11H16O4. The van der Waals surface area contributed by atoms with Gasteiger partial charge in [0.2, 0.25) is 0 Å². The van der Waals surface area contributed by atoms with Crippen molar-refractivity contribution in [2.75, 3.05) is 6.61 Å². The Morgan fingerprint density at radius 1 is 1.60 bits per heavy atom. The maximum absolute atomic E-state index is 9.18. The molecule has 0 amide bonds. The Morgan fingerprint density at radius 2 is 2.33 bits per heavy atom. The van der Waals surface area contributed by atoms with Crippen LogP contribution in [0.1, 0.15) is 13.8 Å². The van der Waals surface area contributed by atoms with Crippen molar-refractivity contribution in [1.82, 2.24) is 0 Å². The lowest BCUT2D eigenvalue weighted by Gasteiger charge is -2.20. The molecule has 1 heterocycles. The van der Waals surface area contributed by atoms with Crippen LogP contribution in [0.4, 0.5) is 0 Å².